The van der Waals surface area contributed by atoms with E-state index in [0.717, 1.165) is 44.7 Å². The van der Waals surface area contributed by atoms with Crippen LogP contribution in [0.3, 0.4) is 0 Å². The Bertz CT molecular complexity index is 823. The van der Waals surface area contributed by atoms with Gasteiger partial charge in [-0.3, -0.25) is 9.69 Å². The first kappa shape index (κ1) is 19.9. The number of fused-ring (bicyclic) bond motifs is 1. The molecule has 2 atom stereocenters. The normalized spacial score (nSPS) is 22.8. The van der Waals surface area contributed by atoms with Crippen LogP contribution in [-0.2, 0) is 17.9 Å². The Morgan fingerprint density at radius 3 is 2.62 bits per heavy atom. The molecular formula is C24H32N4O. The Hall–Kier alpha value is -2.40. The molecule has 4 rings (SSSR count). The van der Waals surface area contributed by atoms with Crippen molar-refractivity contribution in [2.24, 2.45) is 0 Å². The Balaban J connectivity index is 1.55. The molecule has 0 unspecified atom stereocenters. The van der Waals surface area contributed by atoms with Gasteiger partial charge in [0, 0.05) is 64.0 Å². The van der Waals surface area contributed by atoms with Gasteiger partial charge in [-0.1, -0.05) is 42.8 Å². The van der Waals surface area contributed by atoms with Crippen molar-refractivity contribution in [2.45, 2.75) is 57.3 Å². The van der Waals surface area contributed by atoms with Crippen LogP contribution in [-0.4, -0.2) is 53.4 Å². The smallest absolute Gasteiger partial charge is 0.223 e. The molecule has 0 N–H and O–H groups in total. The van der Waals surface area contributed by atoms with Crippen molar-refractivity contribution in [1.82, 2.24) is 14.8 Å². The van der Waals surface area contributed by atoms with E-state index in [9.17, 15) is 4.79 Å². The second kappa shape index (κ2) is 8.95. The van der Waals surface area contributed by atoms with E-state index in [-0.39, 0.29) is 0 Å². The van der Waals surface area contributed by atoms with Gasteiger partial charge in [0.05, 0.1) is 0 Å². The van der Waals surface area contributed by atoms with Gasteiger partial charge in [0.25, 0.3) is 0 Å². The summed E-state index contributed by atoms with van der Waals surface area (Å²) in [5.41, 5.74) is 2.49. The number of nitrogens with zero attached hydrogens (tertiary/aromatic N) is 4. The summed E-state index contributed by atoms with van der Waals surface area (Å²) in [5.74, 6) is 1.36. The van der Waals surface area contributed by atoms with Crippen molar-refractivity contribution in [1.29, 1.82) is 0 Å². The third-order valence-electron chi connectivity index (χ3n) is 6.35. The number of likely N-dealkylation sites (tertiary alicyclic amines) is 2. The van der Waals surface area contributed by atoms with E-state index in [4.69, 9.17) is 0 Å². The summed E-state index contributed by atoms with van der Waals surface area (Å²) in [4.78, 5) is 24.4. The number of hydrogen-bond donors (Lipinski definition) is 0. The largest absolute Gasteiger partial charge is 0.362 e. The maximum atomic E-state index is 13.0. The van der Waals surface area contributed by atoms with Gasteiger partial charge in [-0.15, -0.1) is 0 Å². The van der Waals surface area contributed by atoms with Crippen LogP contribution in [0.1, 0.15) is 43.2 Å². The topological polar surface area (TPSA) is 39.7 Å². The lowest BCUT2D eigenvalue weighted by atomic mass is 9.96. The molecule has 0 spiro atoms. The zero-order chi connectivity index (χ0) is 20.2. The van der Waals surface area contributed by atoms with Crippen LogP contribution in [0.15, 0.2) is 48.7 Å². The molecule has 1 aromatic carbocycles. The molecule has 2 aliphatic heterocycles. The summed E-state index contributed by atoms with van der Waals surface area (Å²) in [6.07, 6.45) is 6.90. The number of anilines is 1. The van der Waals surface area contributed by atoms with Crippen LogP contribution < -0.4 is 4.90 Å². The molecule has 0 saturated carbocycles. The third-order valence-corrected chi connectivity index (χ3v) is 6.35. The Kier molecular flexibility index (Phi) is 6.14. The van der Waals surface area contributed by atoms with Crippen LogP contribution in [0, 0.1) is 0 Å². The molecule has 5 heteroatoms. The van der Waals surface area contributed by atoms with E-state index in [0.29, 0.717) is 24.4 Å². The maximum absolute atomic E-state index is 13.0. The molecule has 1 aromatic heterocycles. The number of hydrogen-bond acceptors (Lipinski definition) is 4. The van der Waals surface area contributed by atoms with Crippen molar-refractivity contribution in [3.05, 3.63) is 59.8 Å². The van der Waals surface area contributed by atoms with Crippen molar-refractivity contribution in [3.63, 3.8) is 0 Å². The van der Waals surface area contributed by atoms with Gasteiger partial charge < -0.3 is 9.80 Å². The van der Waals surface area contributed by atoms with E-state index in [1.54, 1.807) is 0 Å². The first-order valence-corrected chi connectivity index (χ1v) is 10.8. The van der Waals surface area contributed by atoms with Crippen molar-refractivity contribution >= 4 is 11.7 Å². The second-order valence-corrected chi connectivity index (χ2v) is 8.53. The molecule has 154 valence electrons. The number of rotatable bonds is 5. The van der Waals surface area contributed by atoms with Gasteiger partial charge in [-0.25, -0.2) is 4.98 Å². The third kappa shape index (κ3) is 4.45. The maximum Gasteiger partial charge on any atom is 0.223 e. The number of amides is 1. The van der Waals surface area contributed by atoms with Crippen LogP contribution in [0.25, 0.3) is 0 Å². The molecule has 2 fully saturated rings. The van der Waals surface area contributed by atoms with E-state index >= 15 is 0 Å². The summed E-state index contributed by atoms with van der Waals surface area (Å²) < 4.78 is 0. The zero-order valence-electron chi connectivity index (χ0n) is 17.6. The van der Waals surface area contributed by atoms with Gasteiger partial charge in [0.2, 0.25) is 5.91 Å². The quantitative estimate of drug-likeness (QED) is 0.778. The first-order valence-electron chi connectivity index (χ1n) is 10.8. The van der Waals surface area contributed by atoms with Crippen LogP contribution >= 0.6 is 0 Å². The molecule has 3 heterocycles. The highest BCUT2D eigenvalue weighted by Crippen LogP contribution is 2.33. The molecular weight excluding hydrogens is 360 g/mol. The van der Waals surface area contributed by atoms with Gasteiger partial charge in [-0.05, 0) is 30.9 Å². The molecule has 0 aliphatic carbocycles. The second-order valence-electron chi connectivity index (χ2n) is 8.53. The molecule has 2 aromatic rings. The van der Waals surface area contributed by atoms with E-state index in [2.05, 4.69) is 64.1 Å². The standard InChI is InChI=1S/C24H32N4O/c1-26(2)24-20(11-8-15-25-24)18-27-16-14-22-21(27)12-6-7-13-23(29)28(22)17-19-9-4-3-5-10-19/h3-5,8-11,15,21-22H,6-7,12-14,16-18H2,1-2H3/t21-,22+/m1/s1. The Morgan fingerprint density at radius 1 is 1.00 bits per heavy atom. The molecule has 2 saturated heterocycles. The monoisotopic (exact) mass is 392 g/mol. The minimum absolute atomic E-state index is 0.308. The average Bonchev–Trinajstić information content (AvgIpc) is 3.10. The summed E-state index contributed by atoms with van der Waals surface area (Å²) >= 11 is 0. The van der Waals surface area contributed by atoms with Crippen molar-refractivity contribution in [3.8, 4) is 0 Å². The SMILES string of the molecule is CN(C)c1ncccc1CN1CC[C@H]2[C@H]1CCCCC(=O)N2Cc1ccccc1. The van der Waals surface area contributed by atoms with Gasteiger partial charge >= 0.3 is 0 Å². The van der Waals surface area contributed by atoms with Crippen molar-refractivity contribution < 1.29 is 4.79 Å². The van der Waals surface area contributed by atoms with E-state index in [1.807, 2.05) is 18.3 Å². The van der Waals surface area contributed by atoms with Crippen LogP contribution in [0.2, 0.25) is 0 Å². The summed E-state index contributed by atoms with van der Waals surface area (Å²) in [6.45, 7) is 2.66. The van der Waals surface area contributed by atoms with Crippen molar-refractivity contribution in [2.75, 3.05) is 25.5 Å². The van der Waals surface area contributed by atoms with Crippen LogP contribution in [0.4, 0.5) is 5.82 Å². The molecule has 0 bridgehead atoms. The lowest BCUT2D eigenvalue weighted by Crippen LogP contribution is -2.48. The Morgan fingerprint density at radius 2 is 1.83 bits per heavy atom. The fraction of sp³-hybridized carbons (Fsp3) is 0.500. The van der Waals surface area contributed by atoms with Gasteiger partial charge in [0.15, 0.2) is 0 Å². The zero-order valence-corrected chi connectivity index (χ0v) is 17.6. The molecule has 0 radical (unpaired) electrons. The number of carbonyl (C=O) groups is 1. The minimum atomic E-state index is 0.308. The molecule has 5 nitrogen and oxygen atoms in total. The highest BCUT2D eigenvalue weighted by atomic mass is 16.2. The number of carbonyl (C=O) groups excluding carboxylic acids is 1. The van der Waals surface area contributed by atoms with Gasteiger partial charge in [0.1, 0.15) is 5.82 Å². The average molecular weight is 393 g/mol. The number of aromatic nitrogens is 1. The lowest BCUT2D eigenvalue weighted by molar-refractivity contribution is -0.135. The van der Waals surface area contributed by atoms with Crippen LogP contribution in [0.5, 0.6) is 0 Å². The van der Waals surface area contributed by atoms with E-state index < -0.39 is 0 Å². The molecule has 29 heavy (non-hydrogen) atoms. The lowest BCUT2D eigenvalue weighted by Gasteiger charge is -2.38. The summed E-state index contributed by atoms with van der Waals surface area (Å²) in [6, 6.07) is 15.4. The highest BCUT2D eigenvalue weighted by Gasteiger charge is 2.40. The summed E-state index contributed by atoms with van der Waals surface area (Å²) in [5, 5.41) is 0. The molecule has 1 amide bonds. The number of benzene rings is 1. The predicted octanol–water partition coefficient (Wildman–Crippen LogP) is 3.69. The first-order chi connectivity index (χ1) is 14.1. The number of pyridine rings is 1. The summed E-state index contributed by atoms with van der Waals surface area (Å²) in [7, 11) is 4.10. The van der Waals surface area contributed by atoms with Gasteiger partial charge in [-0.2, -0.15) is 0 Å². The predicted molar refractivity (Wildman–Crippen MR) is 117 cm³/mol. The fourth-order valence-corrected chi connectivity index (χ4v) is 4.95. The Labute approximate surface area is 174 Å². The minimum Gasteiger partial charge on any atom is -0.362 e. The highest BCUT2D eigenvalue weighted by molar-refractivity contribution is 5.76. The molecule has 2 aliphatic rings. The fourth-order valence-electron chi connectivity index (χ4n) is 4.95. The van der Waals surface area contributed by atoms with E-state index in [1.165, 1.54) is 17.5 Å².